The lowest BCUT2D eigenvalue weighted by molar-refractivity contribution is 0.102. The Morgan fingerprint density at radius 1 is 1.04 bits per heavy atom. The molecule has 0 aromatic heterocycles. The normalized spacial score (nSPS) is 11.1. The lowest BCUT2D eigenvalue weighted by atomic mass is 9.87. The van der Waals surface area contributed by atoms with Crippen LogP contribution in [0, 0.1) is 0 Å². The Morgan fingerprint density at radius 2 is 1.62 bits per heavy atom. The van der Waals surface area contributed by atoms with Gasteiger partial charge in [-0.1, -0.05) is 32.9 Å². The molecule has 2 aromatic carbocycles. The fourth-order valence-electron chi connectivity index (χ4n) is 2.34. The average Bonchev–Trinajstić information content (AvgIpc) is 2.54. The smallest absolute Gasteiger partial charge is 0.263 e. The second-order valence-electron chi connectivity index (χ2n) is 6.44. The number of hydrogen-bond donors (Lipinski definition) is 1. The van der Waals surface area contributed by atoms with Crippen molar-refractivity contribution in [3.63, 3.8) is 0 Å². The molecule has 1 N–H and O–H groups in total. The van der Waals surface area contributed by atoms with E-state index in [-0.39, 0.29) is 11.3 Å². The van der Waals surface area contributed by atoms with Gasteiger partial charge in [-0.15, -0.1) is 0 Å². The number of methoxy groups -OCH3 is 2. The zero-order valence-electron chi connectivity index (χ0n) is 14.6. The molecule has 4 nitrogen and oxygen atoms in total. The molecular weight excluding hydrogens is 370 g/mol. The largest absolute Gasteiger partial charge is 0.496 e. The van der Waals surface area contributed by atoms with Crippen LogP contribution in [0.2, 0.25) is 0 Å². The molecule has 0 bridgehead atoms. The van der Waals surface area contributed by atoms with E-state index in [0.717, 1.165) is 4.47 Å². The Balaban J connectivity index is 2.34. The van der Waals surface area contributed by atoms with Gasteiger partial charge in [-0.25, -0.2) is 0 Å². The summed E-state index contributed by atoms with van der Waals surface area (Å²) in [6.45, 7) is 6.44. The van der Waals surface area contributed by atoms with Gasteiger partial charge in [0.25, 0.3) is 5.91 Å². The molecule has 24 heavy (non-hydrogen) atoms. The number of ether oxygens (including phenoxy) is 2. The number of amides is 1. The van der Waals surface area contributed by atoms with Crippen molar-refractivity contribution >= 4 is 27.5 Å². The highest BCUT2D eigenvalue weighted by Crippen LogP contribution is 2.32. The van der Waals surface area contributed by atoms with E-state index in [4.69, 9.17) is 9.47 Å². The molecule has 5 heteroatoms. The third-order valence-corrected chi connectivity index (χ3v) is 4.39. The lowest BCUT2D eigenvalue weighted by Crippen LogP contribution is -2.16. The second-order valence-corrected chi connectivity index (χ2v) is 7.29. The van der Waals surface area contributed by atoms with E-state index < -0.39 is 0 Å². The summed E-state index contributed by atoms with van der Waals surface area (Å²) in [5, 5.41) is 2.91. The minimum atomic E-state index is -0.284. The van der Waals surface area contributed by atoms with Crippen molar-refractivity contribution < 1.29 is 14.3 Å². The molecule has 0 heterocycles. The van der Waals surface area contributed by atoms with Gasteiger partial charge in [0.15, 0.2) is 0 Å². The van der Waals surface area contributed by atoms with E-state index in [0.29, 0.717) is 22.7 Å². The summed E-state index contributed by atoms with van der Waals surface area (Å²) < 4.78 is 11.4. The van der Waals surface area contributed by atoms with Crippen LogP contribution in [0.25, 0.3) is 0 Å². The molecule has 0 saturated heterocycles. The van der Waals surface area contributed by atoms with Crippen LogP contribution in [0.1, 0.15) is 36.7 Å². The van der Waals surface area contributed by atoms with Crippen LogP contribution in [-0.2, 0) is 5.41 Å². The van der Waals surface area contributed by atoms with Gasteiger partial charge in [0.05, 0.1) is 19.9 Å². The first kappa shape index (κ1) is 18.3. The summed E-state index contributed by atoms with van der Waals surface area (Å²) in [6, 6.07) is 11.2. The third kappa shape index (κ3) is 3.90. The molecule has 0 spiro atoms. The minimum Gasteiger partial charge on any atom is -0.496 e. The van der Waals surface area contributed by atoms with Crippen LogP contribution in [-0.4, -0.2) is 20.1 Å². The van der Waals surface area contributed by atoms with Crippen molar-refractivity contribution in [3.05, 3.63) is 52.0 Å². The Bertz CT molecular complexity index is 729. The van der Waals surface area contributed by atoms with Crippen LogP contribution in [0.5, 0.6) is 11.5 Å². The Morgan fingerprint density at radius 3 is 2.08 bits per heavy atom. The molecule has 2 aromatic rings. The fourth-order valence-corrected chi connectivity index (χ4v) is 2.82. The van der Waals surface area contributed by atoms with Crippen LogP contribution in [0.15, 0.2) is 40.9 Å². The molecule has 0 unspecified atom stereocenters. The van der Waals surface area contributed by atoms with Crippen molar-refractivity contribution in [2.24, 2.45) is 0 Å². The molecule has 1 amide bonds. The number of halogens is 1. The molecule has 0 fully saturated rings. The molecule has 0 aliphatic carbocycles. The minimum absolute atomic E-state index is 0.0386. The molecule has 128 valence electrons. The van der Waals surface area contributed by atoms with E-state index in [1.165, 1.54) is 19.8 Å². The zero-order valence-corrected chi connectivity index (χ0v) is 16.2. The van der Waals surface area contributed by atoms with Crippen molar-refractivity contribution in [2.75, 3.05) is 19.5 Å². The molecule has 0 atom stereocenters. The number of rotatable bonds is 4. The van der Waals surface area contributed by atoms with E-state index in [1.54, 1.807) is 18.2 Å². The summed E-state index contributed by atoms with van der Waals surface area (Å²) in [4.78, 5) is 12.7. The summed E-state index contributed by atoms with van der Waals surface area (Å²) in [6.07, 6.45) is 0. The van der Waals surface area contributed by atoms with Crippen molar-refractivity contribution in [3.8, 4) is 11.5 Å². The van der Waals surface area contributed by atoms with Gasteiger partial charge < -0.3 is 14.8 Å². The lowest BCUT2D eigenvalue weighted by Gasteiger charge is -2.20. The highest BCUT2D eigenvalue weighted by molar-refractivity contribution is 9.10. The quantitative estimate of drug-likeness (QED) is 0.795. The van der Waals surface area contributed by atoms with Crippen LogP contribution >= 0.6 is 15.9 Å². The van der Waals surface area contributed by atoms with Crippen LogP contribution in [0.4, 0.5) is 5.69 Å². The molecular formula is C19H22BrNO3. The first-order valence-corrected chi connectivity index (χ1v) is 8.39. The van der Waals surface area contributed by atoms with Gasteiger partial charge in [-0.3, -0.25) is 4.79 Å². The summed E-state index contributed by atoms with van der Waals surface area (Å²) in [5.74, 6) is 0.650. The van der Waals surface area contributed by atoms with Gasteiger partial charge in [-0.2, -0.15) is 0 Å². The zero-order chi connectivity index (χ0) is 17.9. The van der Waals surface area contributed by atoms with Crippen molar-refractivity contribution in [1.29, 1.82) is 0 Å². The van der Waals surface area contributed by atoms with Crippen LogP contribution in [0.3, 0.4) is 0 Å². The number of nitrogens with one attached hydrogen (secondary N) is 1. The maximum atomic E-state index is 12.7. The number of hydrogen-bond acceptors (Lipinski definition) is 3. The maximum Gasteiger partial charge on any atom is 0.263 e. The van der Waals surface area contributed by atoms with E-state index in [9.17, 15) is 4.79 Å². The molecule has 0 aliphatic rings. The Kier molecular flexibility index (Phi) is 5.54. The third-order valence-electron chi connectivity index (χ3n) is 3.74. The Hall–Kier alpha value is -2.01. The van der Waals surface area contributed by atoms with Crippen molar-refractivity contribution in [2.45, 2.75) is 26.2 Å². The first-order chi connectivity index (χ1) is 11.3. The average molecular weight is 392 g/mol. The SMILES string of the molecule is COc1cccc(OC)c1C(=O)Nc1ccc(C(C)(C)C)cc1Br. The topological polar surface area (TPSA) is 47.6 Å². The van der Waals surface area contributed by atoms with E-state index in [1.807, 2.05) is 18.2 Å². The van der Waals surface area contributed by atoms with Gasteiger partial charge in [-0.05, 0) is 51.2 Å². The van der Waals surface area contributed by atoms with Crippen molar-refractivity contribution in [1.82, 2.24) is 0 Å². The van der Waals surface area contributed by atoms with Gasteiger partial charge >= 0.3 is 0 Å². The van der Waals surface area contributed by atoms with E-state index in [2.05, 4.69) is 42.0 Å². The second kappa shape index (κ2) is 7.26. The highest BCUT2D eigenvalue weighted by atomic mass is 79.9. The molecule has 0 aliphatic heterocycles. The molecule has 2 rings (SSSR count). The predicted octanol–water partition coefficient (Wildman–Crippen LogP) is 5.02. The Labute approximate surface area is 151 Å². The number of carbonyl (C=O) groups excluding carboxylic acids is 1. The summed E-state index contributed by atoms with van der Waals surface area (Å²) in [7, 11) is 3.05. The highest BCUT2D eigenvalue weighted by Gasteiger charge is 2.20. The number of anilines is 1. The van der Waals surface area contributed by atoms with Crippen LogP contribution < -0.4 is 14.8 Å². The molecule has 0 radical (unpaired) electrons. The maximum absolute atomic E-state index is 12.7. The van der Waals surface area contributed by atoms with Gasteiger partial charge in [0, 0.05) is 4.47 Å². The summed E-state index contributed by atoms with van der Waals surface area (Å²) in [5.41, 5.74) is 2.29. The predicted molar refractivity (Wildman–Crippen MR) is 100 cm³/mol. The molecule has 0 saturated carbocycles. The number of benzene rings is 2. The monoisotopic (exact) mass is 391 g/mol. The summed E-state index contributed by atoms with van der Waals surface area (Å²) >= 11 is 3.53. The van der Waals surface area contributed by atoms with E-state index >= 15 is 0 Å². The first-order valence-electron chi connectivity index (χ1n) is 7.60. The standard InChI is InChI=1S/C19H22BrNO3/c1-19(2,3)12-9-10-14(13(20)11-12)21-18(22)17-15(23-4)7-6-8-16(17)24-5/h6-11H,1-5H3,(H,21,22). The van der Waals surface area contributed by atoms with Gasteiger partial charge in [0.2, 0.25) is 0 Å². The van der Waals surface area contributed by atoms with Gasteiger partial charge in [0.1, 0.15) is 17.1 Å². The number of carbonyl (C=O) groups is 1. The fraction of sp³-hybridized carbons (Fsp3) is 0.316.